The van der Waals surface area contributed by atoms with Crippen LogP contribution in [0.3, 0.4) is 0 Å². The zero-order valence-electron chi connectivity index (χ0n) is 11.8. The number of para-hydroxylation sites is 1. The summed E-state index contributed by atoms with van der Waals surface area (Å²) in [5.41, 5.74) is 2.15. The van der Waals surface area contributed by atoms with Crippen LogP contribution in [-0.4, -0.2) is 20.7 Å². The molecule has 6 heteroatoms. The van der Waals surface area contributed by atoms with E-state index in [1.807, 2.05) is 37.3 Å². The molecule has 0 aliphatic rings. The molecule has 0 radical (unpaired) electrons. The summed E-state index contributed by atoms with van der Waals surface area (Å²) in [6.07, 6.45) is 3.08. The van der Waals surface area contributed by atoms with Crippen molar-refractivity contribution in [3.05, 3.63) is 71.1 Å². The van der Waals surface area contributed by atoms with E-state index in [2.05, 4.69) is 15.4 Å². The van der Waals surface area contributed by atoms with Gasteiger partial charge in [0.2, 0.25) is 0 Å². The van der Waals surface area contributed by atoms with Crippen molar-refractivity contribution in [2.75, 3.05) is 5.32 Å². The average Bonchev–Trinajstić information content (AvgIpc) is 2.90. The Morgan fingerprint density at radius 1 is 1.23 bits per heavy atom. The fraction of sp³-hybridized carbons (Fsp3) is 0.0625. The second-order valence-electron chi connectivity index (χ2n) is 4.70. The molecule has 0 bridgehead atoms. The lowest BCUT2D eigenvalue weighted by Gasteiger charge is -2.06. The Kier molecular flexibility index (Phi) is 3.89. The lowest BCUT2D eigenvalue weighted by molar-refractivity contribution is 0.102. The van der Waals surface area contributed by atoms with Gasteiger partial charge in [-0.1, -0.05) is 29.8 Å². The van der Waals surface area contributed by atoms with Crippen molar-refractivity contribution in [2.24, 2.45) is 0 Å². The molecule has 1 aromatic carbocycles. The minimum atomic E-state index is -0.269. The van der Waals surface area contributed by atoms with Crippen molar-refractivity contribution in [1.29, 1.82) is 0 Å². The Hall–Kier alpha value is -2.66. The van der Waals surface area contributed by atoms with Gasteiger partial charge < -0.3 is 5.32 Å². The fourth-order valence-corrected chi connectivity index (χ4v) is 2.28. The summed E-state index contributed by atoms with van der Waals surface area (Å²) in [6, 6.07) is 12.9. The number of amides is 1. The Balaban J connectivity index is 1.87. The van der Waals surface area contributed by atoms with E-state index in [1.165, 1.54) is 6.20 Å². The number of halogens is 1. The van der Waals surface area contributed by atoms with Gasteiger partial charge in [0, 0.05) is 11.2 Å². The van der Waals surface area contributed by atoms with E-state index in [9.17, 15) is 4.79 Å². The van der Waals surface area contributed by atoms with Gasteiger partial charge in [0.1, 0.15) is 5.82 Å². The quantitative estimate of drug-likeness (QED) is 0.805. The van der Waals surface area contributed by atoms with Crippen molar-refractivity contribution >= 4 is 23.3 Å². The number of carbonyl (C=O) groups excluding carboxylic acids is 1. The van der Waals surface area contributed by atoms with Crippen molar-refractivity contribution in [1.82, 2.24) is 14.8 Å². The largest absolute Gasteiger partial charge is 0.306 e. The van der Waals surface area contributed by atoms with Crippen LogP contribution in [0.2, 0.25) is 5.02 Å². The lowest BCUT2D eigenvalue weighted by atomic mass is 10.2. The summed E-state index contributed by atoms with van der Waals surface area (Å²) in [5, 5.41) is 7.51. The van der Waals surface area contributed by atoms with Crippen LogP contribution in [0.1, 0.15) is 16.1 Å². The molecular weight excluding hydrogens is 300 g/mol. The zero-order chi connectivity index (χ0) is 15.5. The van der Waals surface area contributed by atoms with Crippen LogP contribution in [-0.2, 0) is 0 Å². The molecule has 110 valence electrons. The fourth-order valence-electron chi connectivity index (χ4n) is 2.12. The molecule has 3 rings (SSSR count). The zero-order valence-corrected chi connectivity index (χ0v) is 12.6. The van der Waals surface area contributed by atoms with Crippen LogP contribution in [0, 0.1) is 6.92 Å². The van der Waals surface area contributed by atoms with Crippen molar-refractivity contribution in [3.63, 3.8) is 0 Å². The third kappa shape index (κ3) is 2.84. The summed E-state index contributed by atoms with van der Waals surface area (Å²) in [6.45, 7) is 1.85. The summed E-state index contributed by atoms with van der Waals surface area (Å²) in [7, 11) is 0. The molecule has 0 atom stereocenters. The molecule has 22 heavy (non-hydrogen) atoms. The molecule has 2 heterocycles. The normalized spacial score (nSPS) is 10.5. The smallest absolute Gasteiger partial charge is 0.260 e. The summed E-state index contributed by atoms with van der Waals surface area (Å²) in [5.74, 6) is 0.138. The number of nitrogens with one attached hydrogen (secondary N) is 1. The van der Waals surface area contributed by atoms with Gasteiger partial charge in [0.05, 0.1) is 23.1 Å². The van der Waals surface area contributed by atoms with Gasteiger partial charge in [0.15, 0.2) is 0 Å². The van der Waals surface area contributed by atoms with Crippen molar-refractivity contribution in [2.45, 2.75) is 6.92 Å². The topological polar surface area (TPSA) is 59.8 Å². The Morgan fingerprint density at radius 2 is 2.00 bits per heavy atom. The van der Waals surface area contributed by atoms with E-state index in [1.54, 1.807) is 23.0 Å². The maximum Gasteiger partial charge on any atom is 0.260 e. The van der Waals surface area contributed by atoms with Crippen molar-refractivity contribution in [3.8, 4) is 5.69 Å². The first-order valence-corrected chi connectivity index (χ1v) is 7.06. The molecule has 5 nitrogen and oxygen atoms in total. The summed E-state index contributed by atoms with van der Waals surface area (Å²) in [4.78, 5) is 16.4. The van der Waals surface area contributed by atoms with Crippen LogP contribution in [0.25, 0.3) is 5.69 Å². The van der Waals surface area contributed by atoms with Crippen LogP contribution in [0.15, 0.2) is 54.9 Å². The van der Waals surface area contributed by atoms with Gasteiger partial charge in [-0.3, -0.25) is 4.79 Å². The second kappa shape index (κ2) is 5.99. The summed E-state index contributed by atoms with van der Waals surface area (Å²) >= 11 is 5.88. The molecule has 0 aliphatic carbocycles. The molecule has 0 aliphatic heterocycles. The van der Waals surface area contributed by atoms with E-state index in [0.29, 0.717) is 16.4 Å². The number of aromatic nitrogens is 3. The predicted octanol–water partition coefficient (Wildman–Crippen LogP) is 3.48. The van der Waals surface area contributed by atoms with Crippen LogP contribution >= 0.6 is 11.6 Å². The second-order valence-corrected chi connectivity index (χ2v) is 5.14. The molecular formula is C16H13ClN4O. The maximum atomic E-state index is 12.3. The first-order valence-electron chi connectivity index (χ1n) is 6.68. The number of carbonyl (C=O) groups is 1. The predicted molar refractivity (Wildman–Crippen MR) is 85.5 cm³/mol. The number of hydrogen-bond acceptors (Lipinski definition) is 3. The van der Waals surface area contributed by atoms with Crippen LogP contribution in [0.4, 0.5) is 5.82 Å². The minimum Gasteiger partial charge on any atom is -0.306 e. The van der Waals surface area contributed by atoms with E-state index < -0.39 is 0 Å². The number of anilines is 1. The highest BCUT2D eigenvalue weighted by molar-refractivity contribution is 6.30. The SMILES string of the molecule is Cc1c(C(=O)Nc2cc(Cl)ccn2)cnn1-c1ccccc1. The van der Waals surface area contributed by atoms with Gasteiger partial charge in [0.25, 0.3) is 5.91 Å². The molecule has 0 spiro atoms. The monoisotopic (exact) mass is 312 g/mol. The number of rotatable bonds is 3. The molecule has 1 amide bonds. The van der Waals surface area contributed by atoms with Crippen LogP contribution in [0.5, 0.6) is 0 Å². The molecule has 3 aromatic rings. The Morgan fingerprint density at radius 3 is 2.73 bits per heavy atom. The van der Waals surface area contributed by atoms with E-state index in [4.69, 9.17) is 11.6 Å². The van der Waals surface area contributed by atoms with Gasteiger partial charge in [-0.25, -0.2) is 9.67 Å². The number of hydrogen-bond donors (Lipinski definition) is 1. The van der Waals surface area contributed by atoms with Gasteiger partial charge in [-0.2, -0.15) is 5.10 Å². The molecule has 2 aromatic heterocycles. The molecule has 0 unspecified atom stereocenters. The van der Waals surface area contributed by atoms with Gasteiger partial charge >= 0.3 is 0 Å². The Bertz CT molecular complexity index is 814. The van der Waals surface area contributed by atoms with Crippen molar-refractivity contribution < 1.29 is 4.79 Å². The number of benzene rings is 1. The van der Waals surface area contributed by atoms with Crippen LogP contribution < -0.4 is 5.32 Å². The minimum absolute atomic E-state index is 0.269. The highest BCUT2D eigenvalue weighted by Crippen LogP contribution is 2.16. The maximum absolute atomic E-state index is 12.3. The lowest BCUT2D eigenvalue weighted by Crippen LogP contribution is -2.14. The third-order valence-electron chi connectivity index (χ3n) is 3.22. The number of pyridine rings is 1. The molecule has 0 fully saturated rings. The average molecular weight is 313 g/mol. The van der Waals surface area contributed by atoms with E-state index in [0.717, 1.165) is 11.4 Å². The highest BCUT2D eigenvalue weighted by atomic mass is 35.5. The first-order chi connectivity index (χ1) is 10.6. The van der Waals surface area contributed by atoms with Gasteiger partial charge in [-0.15, -0.1) is 0 Å². The van der Waals surface area contributed by atoms with Gasteiger partial charge in [-0.05, 0) is 31.2 Å². The molecule has 0 saturated heterocycles. The van der Waals surface area contributed by atoms with E-state index >= 15 is 0 Å². The molecule has 0 saturated carbocycles. The standard InChI is InChI=1S/C16H13ClN4O/c1-11-14(10-19-21(11)13-5-3-2-4-6-13)16(22)20-15-9-12(17)7-8-18-15/h2-10H,1H3,(H,18,20,22). The highest BCUT2D eigenvalue weighted by Gasteiger charge is 2.15. The third-order valence-corrected chi connectivity index (χ3v) is 3.45. The molecule has 1 N–H and O–H groups in total. The Labute approximate surface area is 132 Å². The summed E-state index contributed by atoms with van der Waals surface area (Å²) < 4.78 is 1.72. The first kappa shape index (κ1) is 14.3. The number of nitrogens with zero attached hydrogens (tertiary/aromatic N) is 3. The van der Waals surface area contributed by atoms with E-state index in [-0.39, 0.29) is 5.91 Å².